The largest absolute Gasteiger partial charge is 0.336 e. The van der Waals surface area contributed by atoms with Crippen LogP contribution in [0.5, 0.6) is 0 Å². The number of rotatable bonds is 7. The van der Waals surface area contributed by atoms with Gasteiger partial charge in [0.1, 0.15) is 0 Å². The van der Waals surface area contributed by atoms with Crippen LogP contribution in [-0.4, -0.2) is 36.1 Å². The topological polar surface area (TPSA) is 66.5 Å². The average molecular weight is 438 g/mol. The average Bonchev–Trinajstić information content (AvgIpc) is 2.61. The van der Waals surface area contributed by atoms with Crippen molar-refractivity contribution in [1.29, 1.82) is 0 Å². The number of Topliss-reactive ketones (excluding diaryl/α,β-unsaturated/α-hetero) is 1. The molecule has 0 aromatic heterocycles. The molecule has 7 heteroatoms. The lowest BCUT2D eigenvalue weighted by molar-refractivity contribution is -0.133. The van der Waals surface area contributed by atoms with Gasteiger partial charge in [-0.25, -0.2) is 0 Å². The van der Waals surface area contributed by atoms with Crippen LogP contribution in [0.1, 0.15) is 23.2 Å². The highest BCUT2D eigenvalue weighted by molar-refractivity contribution is 9.10. The van der Waals surface area contributed by atoms with Crippen LogP contribution in [-0.2, 0) is 9.59 Å². The van der Waals surface area contributed by atoms with Crippen LogP contribution >= 0.6 is 27.5 Å². The molecule has 0 heterocycles. The Morgan fingerprint density at radius 1 is 1.04 bits per heavy atom. The molecule has 0 atom stereocenters. The SMILES string of the molecule is CN(CC(=O)Nc1ccccc1Cl)C(=O)CCC(=O)c1ccc(Br)cc1. The van der Waals surface area contributed by atoms with Crippen LogP contribution in [0, 0.1) is 0 Å². The molecule has 1 N–H and O–H groups in total. The highest BCUT2D eigenvalue weighted by Gasteiger charge is 2.16. The lowest BCUT2D eigenvalue weighted by Crippen LogP contribution is -2.35. The summed E-state index contributed by atoms with van der Waals surface area (Å²) in [5.74, 6) is -0.738. The fourth-order valence-electron chi connectivity index (χ4n) is 2.25. The Morgan fingerprint density at radius 2 is 1.69 bits per heavy atom. The van der Waals surface area contributed by atoms with Gasteiger partial charge in [0.25, 0.3) is 0 Å². The predicted octanol–water partition coefficient (Wildman–Crippen LogP) is 4.16. The fraction of sp³-hybridized carbons (Fsp3) is 0.211. The summed E-state index contributed by atoms with van der Waals surface area (Å²) < 4.78 is 0.884. The zero-order chi connectivity index (χ0) is 19.1. The fourth-order valence-corrected chi connectivity index (χ4v) is 2.69. The molecule has 2 rings (SSSR count). The number of nitrogens with zero attached hydrogens (tertiary/aromatic N) is 1. The molecule has 5 nitrogen and oxygen atoms in total. The number of para-hydroxylation sites is 1. The number of hydrogen-bond donors (Lipinski definition) is 1. The number of halogens is 2. The lowest BCUT2D eigenvalue weighted by Gasteiger charge is -2.17. The van der Waals surface area contributed by atoms with Crippen molar-refractivity contribution in [3.8, 4) is 0 Å². The Kier molecular flexibility index (Phi) is 7.36. The minimum Gasteiger partial charge on any atom is -0.336 e. The molecule has 0 unspecified atom stereocenters. The van der Waals surface area contributed by atoms with E-state index in [2.05, 4.69) is 21.2 Å². The minimum absolute atomic E-state index is 0.0464. The third-order valence-corrected chi connectivity index (χ3v) is 4.54. The molecular formula is C19H18BrClN2O3. The van der Waals surface area contributed by atoms with Crippen LogP contribution in [0.25, 0.3) is 0 Å². The maximum atomic E-state index is 12.1. The van der Waals surface area contributed by atoms with E-state index < -0.39 is 0 Å². The summed E-state index contributed by atoms with van der Waals surface area (Å²) in [6.07, 6.45) is 0.141. The van der Waals surface area contributed by atoms with Gasteiger partial charge >= 0.3 is 0 Å². The highest BCUT2D eigenvalue weighted by Crippen LogP contribution is 2.20. The standard InChI is InChI=1S/C19H18BrClN2O3/c1-23(12-18(25)22-16-5-3-2-4-15(16)21)19(26)11-10-17(24)13-6-8-14(20)9-7-13/h2-9H,10-12H2,1H3,(H,22,25). The van der Waals surface area contributed by atoms with Gasteiger partial charge in [-0.2, -0.15) is 0 Å². The molecular weight excluding hydrogens is 420 g/mol. The third kappa shape index (κ3) is 5.97. The van der Waals surface area contributed by atoms with E-state index in [1.54, 1.807) is 48.5 Å². The normalized spacial score (nSPS) is 10.3. The molecule has 0 saturated carbocycles. The van der Waals surface area contributed by atoms with Crippen molar-refractivity contribution in [2.75, 3.05) is 18.9 Å². The number of carbonyl (C=O) groups is 3. The molecule has 2 amide bonds. The second kappa shape index (κ2) is 9.50. The van der Waals surface area contributed by atoms with E-state index in [-0.39, 0.29) is 37.0 Å². The molecule has 2 aromatic rings. The van der Waals surface area contributed by atoms with E-state index >= 15 is 0 Å². The predicted molar refractivity (Wildman–Crippen MR) is 105 cm³/mol. The summed E-state index contributed by atoms with van der Waals surface area (Å²) in [5, 5.41) is 3.08. The molecule has 0 bridgehead atoms. The van der Waals surface area contributed by atoms with Crippen LogP contribution in [0.3, 0.4) is 0 Å². The Bertz CT molecular complexity index is 809. The molecule has 2 aromatic carbocycles. The van der Waals surface area contributed by atoms with Crippen LogP contribution in [0.15, 0.2) is 53.0 Å². The highest BCUT2D eigenvalue weighted by atomic mass is 79.9. The minimum atomic E-state index is -0.354. The number of ketones is 1. The summed E-state index contributed by atoms with van der Waals surface area (Å²) >= 11 is 9.29. The van der Waals surface area contributed by atoms with Gasteiger partial charge in [-0.15, -0.1) is 0 Å². The van der Waals surface area contributed by atoms with Gasteiger partial charge < -0.3 is 10.2 Å². The van der Waals surface area contributed by atoms with Crippen LogP contribution in [0.2, 0.25) is 5.02 Å². The number of nitrogens with one attached hydrogen (secondary N) is 1. The van der Waals surface area contributed by atoms with Gasteiger partial charge in [0.05, 0.1) is 17.3 Å². The zero-order valence-corrected chi connectivity index (χ0v) is 16.5. The lowest BCUT2D eigenvalue weighted by atomic mass is 10.1. The number of anilines is 1. The summed E-state index contributed by atoms with van der Waals surface area (Å²) in [6.45, 7) is -0.115. The molecule has 0 spiro atoms. The Balaban J connectivity index is 1.81. The second-order valence-corrected chi connectivity index (χ2v) is 7.03. The maximum absolute atomic E-state index is 12.1. The van der Waals surface area contributed by atoms with E-state index in [0.29, 0.717) is 16.3 Å². The van der Waals surface area contributed by atoms with Gasteiger partial charge in [-0.3, -0.25) is 14.4 Å². The number of hydrogen-bond acceptors (Lipinski definition) is 3. The monoisotopic (exact) mass is 436 g/mol. The van der Waals surface area contributed by atoms with E-state index in [1.165, 1.54) is 11.9 Å². The maximum Gasteiger partial charge on any atom is 0.244 e. The van der Waals surface area contributed by atoms with Gasteiger partial charge in [-0.1, -0.05) is 51.8 Å². The number of benzene rings is 2. The molecule has 0 aliphatic rings. The first-order valence-corrected chi connectivity index (χ1v) is 9.11. The molecule has 0 aliphatic carbocycles. The zero-order valence-electron chi connectivity index (χ0n) is 14.2. The summed E-state index contributed by atoms with van der Waals surface area (Å²) in [5.41, 5.74) is 1.05. The van der Waals surface area contributed by atoms with Crippen molar-refractivity contribution in [2.45, 2.75) is 12.8 Å². The number of likely N-dealkylation sites (N-methyl/N-ethyl adjacent to an activating group) is 1. The van der Waals surface area contributed by atoms with Crippen molar-refractivity contribution < 1.29 is 14.4 Å². The van der Waals surface area contributed by atoms with E-state index in [9.17, 15) is 14.4 Å². The van der Waals surface area contributed by atoms with E-state index in [0.717, 1.165) is 4.47 Å². The van der Waals surface area contributed by atoms with Gasteiger partial charge in [0.2, 0.25) is 11.8 Å². The van der Waals surface area contributed by atoms with Crippen molar-refractivity contribution in [2.24, 2.45) is 0 Å². The molecule has 136 valence electrons. The molecule has 0 radical (unpaired) electrons. The first kappa shape index (κ1) is 20.1. The summed E-state index contributed by atoms with van der Waals surface area (Å²) in [7, 11) is 1.53. The Labute approximate surface area is 165 Å². The Hall–Kier alpha value is -2.18. The quantitative estimate of drug-likeness (QED) is 0.661. The molecule has 0 saturated heterocycles. The third-order valence-electron chi connectivity index (χ3n) is 3.69. The number of amides is 2. The van der Waals surface area contributed by atoms with Crippen molar-refractivity contribution in [1.82, 2.24) is 4.90 Å². The van der Waals surface area contributed by atoms with Gasteiger partial charge in [0, 0.05) is 29.9 Å². The van der Waals surface area contributed by atoms with Crippen molar-refractivity contribution >= 4 is 50.8 Å². The molecule has 0 fully saturated rings. The van der Waals surface area contributed by atoms with Gasteiger partial charge in [0.15, 0.2) is 5.78 Å². The second-order valence-electron chi connectivity index (χ2n) is 5.71. The summed E-state index contributed by atoms with van der Waals surface area (Å²) in [6, 6.07) is 13.8. The van der Waals surface area contributed by atoms with Crippen molar-refractivity contribution in [3.05, 3.63) is 63.6 Å². The van der Waals surface area contributed by atoms with E-state index in [4.69, 9.17) is 11.6 Å². The smallest absolute Gasteiger partial charge is 0.244 e. The number of carbonyl (C=O) groups excluding carboxylic acids is 3. The Morgan fingerprint density at radius 3 is 2.35 bits per heavy atom. The van der Waals surface area contributed by atoms with Crippen molar-refractivity contribution in [3.63, 3.8) is 0 Å². The van der Waals surface area contributed by atoms with Crippen LogP contribution in [0.4, 0.5) is 5.69 Å². The summed E-state index contributed by atoms with van der Waals surface area (Å²) in [4.78, 5) is 37.6. The first-order chi connectivity index (χ1) is 12.4. The van der Waals surface area contributed by atoms with Crippen LogP contribution < -0.4 is 5.32 Å². The van der Waals surface area contributed by atoms with E-state index in [1.807, 2.05) is 0 Å². The first-order valence-electron chi connectivity index (χ1n) is 7.94. The molecule has 26 heavy (non-hydrogen) atoms. The molecule has 0 aliphatic heterocycles. The van der Waals surface area contributed by atoms with Gasteiger partial charge in [-0.05, 0) is 24.3 Å².